The van der Waals surface area contributed by atoms with E-state index in [1.54, 1.807) is 11.2 Å². The predicted molar refractivity (Wildman–Crippen MR) is 112 cm³/mol. The van der Waals surface area contributed by atoms with Gasteiger partial charge in [0.25, 0.3) is 0 Å². The molecular weight excluding hydrogens is 370 g/mol. The molecule has 2 aliphatic rings. The van der Waals surface area contributed by atoms with Gasteiger partial charge in [0.2, 0.25) is 0 Å². The average molecular weight is 398 g/mol. The van der Waals surface area contributed by atoms with Gasteiger partial charge in [-0.1, -0.05) is 11.6 Å². The van der Waals surface area contributed by atoms with Gasteiger partial charge >= 0.3 is 0 Å². The van der Waals surface area contributed by atoms with E-state index in [1.165, 1.54) is 53.4 Å². The summed E-state index contributed by atoms with van der Waals surface area (Å²) in [6.07, 6.45) is 8.08. The van der Waals surface area contributed by atoms with E-state index in [-0.39, 0.29) is 0 Å². The highest BCUT2D eigenvalue weighted by Crippen LogP contribution is 2.38. The number of aryl methyl sites for hydroxylation is 4. The van der Waals surface area contributed by atoms with Crippen LogP contribution in [0.5, 0.6) is 0 Å². The van der Waals surface area contributed by atoms with Crippen LogP contribution in [-0.2, 0) is 19.4 Å². The van der Waals surface area contributed by atoms with E-state index in [0.29, 0.717) is 0 Å². The van der Waals surface area contributed by atoms with Crippen LogP contribution in [0, 0.1) is 13.8 Å². The number of anilines is 1. The van der Waals surface area contributed by atoms with Gasteiger partial charge in [-0.05, 0) is 45.1 Å². The third-order valence-corrected chi connectivity index (χ3v) is 7.42. The van der Waals surface area contributed by atoms with Crippen LogP contribution in [0.1, 0.15) is 46.7 Å². The molecule has 3 aromatic rings. The maximum atomic E-state index is 5.33. The van der Waals surface area contributed by atoms with Crippen LogP contribution in [0.3, 0.4) is 0 Å². The van der Waals surface area contributed by atoms with Gasteiger partial charge in [0.05, 0.1) is 11.1 Å². The fourth-order valence-corrected chi connectivity index (χ4v) is 5.78. The fraction of sp³-hybridized carbons (Fsp3) is 0.571. The smallest absolute Gasteiger partial charge is 0.141 e. The lowest BCUT2D eigenvalue weighted by molar-refractivity contribution is 0.247. The first-order chi connectivity index (χ1) is 13.7. The molecule has 0 amide bonds. The highest BCUT2D eigenvalue weighted by Gasteiger charge is 2.25. The summed E-state index contributed by atoms with van der Waals surface area (Å²) in [6, 6.07) is 0. The molecule has 0 unspecified atom stereocenters. The van der Waals surface area contributed by atoms with Crippen molar-refractivity contribution in [3.63, 3.8) is 0 Å². The van der Waals surface area contributed by atoms with Crippen LogP contribution in [0.4, 0.5) is 5.82 Å². The maximum Gasteiger partial charge on any atom is 0.141 e. The lowest BCUT2D eigenvalue weighted by atomic mass is 10.1. The Morgan fingerprint density at radius 3 is 2.64 bits per heavy atom. The molecule has 1 aliphatic carbocycles. The summed E-state index contributed by atoms with van der Waals surface area (Å²) in [5.41, 5.74) is 3.78. The van der Waals surface area contributed by atoms with Gasteiger partial charge in [0.1, 0.15) is 22.7 Å². The number of hydrogen-bond donors (Lipinski definition) is 0. The van der Waals surface area contributed by atoms with Crippen LogP contribution in [-0.4, -0.2) is 46.2 Å². The third kappa shape index (κ3) is 3.20. The van der Waals surface area contributed by atoms with Gasteiger partial charge in [0.15, 0.2) is 0 Å². The molecule has 1 fully saturated rings. The minimum absolute atomic E-state index is 0.919. The van der Waals surface area contributed by atoms with Crippen LogP contribution >= 0.6 is 11.3 Å². The second-order valence-corrected chi connectivity index (χ2v) is 9.09. The zero-order valence-electron chi connectivity index (χ0n) is 16.7. The predicted octanol–water partition coefficient (Wildman–Crippen LogP) is 3.89. The van der Waals surface area contributed by atoms with Crippen molar-refractivity contribution in [2.24, 2.45) is 0 Å². The standard InChI is InChI=1S/C21H27N5OS/c1-14-17(15(2)27-24-14)12-25-8-10-26(11-9-25)20-19-16-6-4-3-5-7-18(16)28-21(19)23-13-22-20/h13H,3-12H2,1-2H3. The Morgan fingerprint density at radius 1 is 1.04 bits per heavy atom. The molecule has 3 aromatic heterocycles. The van der Waals surface area contributed by atoms with E-state index >= 15 is 0 Å². The maximum absolute atomic E-state index is 5.33. The molecule has 7 heteroatoms. The van der Waals surface area contributed by atoms with Gasteiger partial charge in [-0.25, -0.2) is 9.97 Å². The molecule has 1 saturated heterocycles. The van der Waals surface area contributed by atoms with Crippen LogP contribution in [0.25, 0.3) is 10.2 Å². The summed E-state index contributed by atoms with van der Waals surface area (Å²) >= 11 is 1.89. The van der Waals surface area contributed by atoms with Crippen molar-refractivity contribution in [2.75, 3.05) is 31.1 Å². The average Bonchev–Trinajstić information content (AvgIpc) is 3.12. The first kappa shape index (κ1) is 18.1. The molecule has 148 valence electrons. The van der Waals surface area contributed by atoms with Crippen molar-refractivity contribution in [1.29, 1.82) is 0 Å². The van der Waals surface area contributed by atoms with Gasteiger partial charge in [0, 0.05) is 43.2 Å². The van der Waals surface area contributed by atoms with Crippen molar-refractivity contribution in [3.05, 3.63) is 33.8 Å². The first-order valence-corrected chi connectivity index (χ1v) is 11.2. The normalized spacial score (nSPS) is 18.4. The summed E-state index contributed by atoms with van der Waals surface area (Å²) in [4.78, 5) is 17.0. The number of fused-ring (bicyclic) bond motifs is 3. The summed E-state index contributed by atoms with van der Waals surface area (Å²) in [5.74, 6) is 2.10. The van der Waals surface area contributed by atoms with E-state index in [1.807, 2.05) is 25.2 Å². The number of hydrogen-bond acceptors (Lipinski definition) is 7. The molecule has 1 aliphatic heterocycles. The summed E-state index contributed by atoms with van der Waals surface area (Å²) in [5, 5.41) is 5.43. The van der Waals surface area contributed by atoms with Crippen LogP contribution < -0.4 is 4.90 Å². The molecule has 6 nitrogen and oxygen atoms in total. The third-order valence-electron chi connectivity index (χ3n) is 6.22. The van der Waals surface area contributed by atoms with E-state index in [4.69, 9.17) is 9.51 Å². The van der Waals surface area contributed by atoms with Gasteiger partial charge < -0.3 is 9.42 Å². The largest absolute Gasteiger partial charge is 0.361 e. The number of nitrogens with zero attached hydrogens (tertiary/aromatic N) is 5. The SMILES string of the molecule is Cc1noc(C)c1CN1CCN(c2ncnc3sc4c(c23)CCCCC4)CC1. The molecule has 0 aromatic carbocycles. The van der Waals surface area contributed by atoms with Crippen molar-refractivity contribution >= 4 is 27.4 Å². The lowest BCUT2D eigenvalue weighted by Gasteiger charge is -2.35. The number of rotatable bonds is 3. The Morgan fingerprint density at radius 2 is 1.86 bits per heavy atom. The monoisotopic (exact) mass is 397 g/mol. The van der Waals surface area contributed by atoms with Crippen molar-refractivity contribution in [3.8, 4) is 0 Å². The first-order valence-electron chi connectivity index (χ1n) is 10.3. The van der Waals surface area contributed by atoms with E-state index in [9.17, 15) is 0 Å². The zero-order chi connectivity index (χ0) is 19.1. The molecule has 5 rings (SSSR count). The Balaban J connectivity index is 1.36. The highest BCUT2D eigenvalue weighted by atomic mass is 32.1. The molecule has 0 N–H and O–H groups in total. The van der Waals surface area contributed by atoms with E-state index < -0.39 is 0 Å². The van der Waals surface area contributed by atoms with Crippen molar-refractivity contribution in [1.82, 2.24) is 20.0 Å². The minimum Gasteiger partial charge on any atom is -0.361 e. The van der Waals surface area contributed by atoms with Gasteiger partial charge in [-0.15, -0.1) is 11.3 Å². The Labute approximate surface area is 169 Å². The fourth-order valence-electron chi connectivity index (χ4n) is 4.56. The minimum atomic E-state index is 0.919. The van der Waals surface area contributed by atoms with Crippen LogP contribution in [0.15, 0.2) is 10.9 Å². The zero-order valence-corrected chi connectivity index (χ0v) is 17.5. The topological polar surface area (TPSA) is 58.3 Å². The summed E-state index contributed by atoms with van der Waals surface area (Å²) < 4.78 is 5.33. The van der Waals surface area contributed by atoms with Gasteiger partial charge in [-0.2, -0.15) is 0 Å². The highest BCUT2D eigenvalue weighted by molar-refractivity contribution is 7.18. The Hall–Kier alpha value is -1.99. The quantitative estimate of drug-likeness (QED) is 0.625. The lowest BCUT2D eigenvalue weighted by Crippen LogP contribution is -2.46. The van der Waals surface area contributed by atoms with Crippen molar-refractivity contribution < 1.29 is 4.52 Å². The molecule has 0 spiro atoms. The molecule has 0 radical (unpaired) electrons. The molecular formula is C21H27N5OS. The number of piperazine rings is 1. The van der Waals surface area contributed by atoms with Crippen molar-refractivity contribution in [2.45, 2.75) is 52.5 Å². The van der Waals surface area contributed by atoms with E-state index in [2.05, 4.69) is 19.9 Å². The molecule has 0 atom stereocenters. The molecule has 0 saturated carbocycles. The van der Waals surface area contributed by atoms with Crippen LogP contribution in [0.2, 0.25) is 0 Å². The Kier molecular flexibility index (Phi) is 4.80. The second kappa shape index (κ2) is 7.44. The summed E-state index contributed by atoms with van der Waals surface area (Å²) in [7, 11) is 0. The molecule has 0 bridgehead atoms. The van der Waals surface area contributed by atoms with E-state index in [0.717, 1.165) is 50.0 Å². The Bertz CT molecular complexity index is 967. The second-order valence-electron chi connectivity index (χ2n) is 8.01. The molecule has 28 heavy (non-hydrogen) atoms. The molecule has 4 heterocycles. The summed E-state index contributed by atoms with van der Waals surface area (Å²) in [6.45, 7) is 9.01. The van der Waals surface area contributed by atoms with Gasteiger partial charge in [-0.3, -0.25) is 4.90 Å². The number of aromatic nitrogens is 3. The number of thiophene rings is 1.